The first-order valence-electron chi connectivity index (χ1n) is 5.10. The van der Waals surface area contributed by atoms with Crippen molar-refractivity contribution < 1.29 is 35.8 Å². The van der Waals surface area contributed by atoms with Crippen LogP contribution in [-0.4, -0.2) is 22.2 Å². The van der Waals surface area contributed by atoms with Gasteiger partial charge in [-0.3, -0.25) is 0 Å². The normalized spacial score (nSPS) is 9.12. The average Bonchev–Trinajstić information content (AvgIpc) is 2.30. The summed E-state index contributed by atoms with van der Waals surface area (Å²) in [6, 6.07) is 5.48. The zero-order valence-corrected chi connectivity index (χ0v) is 10.4. The zero-order chi connectivity index (χ0) is 13.3. The van der Waals surface area contributed by atoms with Crippen LogP contribution in [0.15, 0.2) is 24.3 Å². The van der Waals surface area contributed by atoms with Gasteiger partial charge in [-0.05, 0) is 12.1 Å². The summed E-state index contributed by atoms with van der Waals surface area (Å²) >= 11 is 4.77. The summed E-state index contributed by atoms with van der Waals surface area (Å²) in [7, 11) is 0. The molecule has 2 N–H and O–H groups in total. The largest absolute Gasteiger partial charge is 0.478 e. The van der Waals surface area contributed by atoms with Crippen molar-refractivity contribution in [3.05, 3.63) is 35.4 Å². The number of benzene rings is 1. The van der Waals surface area contributed by atoms with Crippen molar-refractivity contribution >= 4 is 11.9 Å². The summed E-state index contributed by atoms with van der Waals surface area (Å²) < 4.78 is 0. The Labute approximate surface area is 108 Å². The third-order valence-electron chi connectivity index (χ3n) is 1.85. The van der Waals surface area contributed by atoms with Crippen LogP contribution in [0, 0.1) is 0 Å². The van der Waals surface area contributed by atoms with Crippen LogP contribution in [0.4, 0.5) is 0 Å². The van der Waals surface area contributed by atoms with Gasteiger partial charge in [-0.2, -0.15) is 0 Å². The van der Waals surface area contributed by atoms with Crippen molar-refractivity contribution in [2.75, 3.05) is 0 Å². The second-order valence-electron chi connectivity index (χ2n) is 3.16. The Balaban J connectivity index is 0.000000437. The van der Waals surface area contributed by atoms with E-state index in [0.717, 1.165) is 5.32 Å². The van der Waals surface area contributed by atoms with Gasteiger partial charge in [0.25, 0.3) is 0 Å². The minimum absolute atomic E-state index is 0.190. The summed E-state index contributed by atoms with van der Waals surface area (Å²) in [5.74, 6) is -2.46. The Bertz CT molecular complexity index is 342. The van der Waals surface area contributed by atoms with E-state index in [0.29, 0.717) is 0 Å². The van der Waals surface area contributed by atoms with Crippen molar-refractivity contribution in [1.82, 2.24) is 0 Å². The molecule has 0 heterocycles. The summed E-state index contributed by atoms with van der Waals surface area (Å²) in [6.45, 7) is 2.14. The summed E-state index contributed by atoms with van der Waals surface area (Å²) in [6.07, 6.45) is 2.43. The minimum Gasteiger partial charge on any atom is -0.478 e. The third kappa shape index (κ3) is 6.09. The van der Waals surface area contributed by atoms with E-state index < -0.39 is 11.9 Å². The molecule has 0 bridgehead atoms. The van der Waals surface area contributed by atoms with Gasteiger partial charge < -0.3 is 10.2 Å². The molecular formula is C12H15CuO4. The third-order valence-corrected chi connectivity index (χ3v) is 2.18. The molecule has 4 nitrogen and oxygen atoms in total. The first-order chi connectivity index (χ1) is 8.04. The van der Waals surface area contributed by atoms with Gasteiger partial charge in [0.15, 0.2) is 0 Å². The molecule has 0 aromatic heterocycles. The molecular weight excluding hydrogens is 272 g/mol. The average molecular weight is 287 g/mol. The first-order valence-corrected chi connectivity index (χ1v) is 5.77. The second-order valence-corrected chi connectivity index (χ2v) is 3.63. The Hall–Kier alpha value is -1.32. The number of carbonyl (C=O) groups is 2. The molecule has 98 valence electrons. The summed E-state index contributed by atoms with van der Waals surface area (Å²) in [5, 5.41) is 18.0. The predicted octanol–water partition coefficient (Wildman–Crippen LogP) is 2.83. The zero-order valence-electron chi connectivity index (χ0n) is 9.44. The number of rotatable bonds is 4. The second kappa shape index (κ2) is 8.79. The first kappa shape index (κ1) is 15.7. The molecule has 1 aromatic carbocycles. The van der Waals surface area contributed by atoms with Crippen LogP contribution in [0.5, 0.6) is 0 Å². The van der Waals surface area contributed by atoms with Gasteiger partial charge in [-0.1, -0.05) is 12.1 Å². The number of hydrogen-bond donors (Lipinski definition) is 2. The van der Waals surface area contributed by atoms with E-state index in [2.05, 4.69) is 6.92 Å². The number of hydrogen-bond acceptors (Lipinski definition) is 2. The van der Waals surface area contributed by atoms with Crippen LogP contribution in [0.3, 0.4) is 0 Å². The van der Waals surface area contributed by atoms with Gasteiger partial charge in [0.2, 0.25) is 0 Å². The van der Waals surface area contributed by atoms with E-state index in [9.17, 15) is 9.59 Å². The SMILES string of the molecule is CCC[CH2][Cu].O=C(O)c1ccccc1C(=O)O. The Morgan fingerprint density at radius 1 is 1.12 bits per heavy atom. The Morgan fingerprint density at radius 3 is 1.71 bits per heavy atom. The number of carboxylic acid groups (broad SMARTS) is 2. The van der Waals surface area contributed by atoms with Crippen LogP contribution in [0.2, 0.25) is 5.32 Å². The quantitative estimate of drug-likeness (QED) is 0.835. The molecule has 17 heavy (non-hydrogen) atoms. The summed E-state index contributed by atoms with van der Waals surface area (Å²) in [4.78, 5) is 20.9. The summed E-state index contributed by atoms with van der Waals surface area (Å²) in [5.41, 5.74) is -0.380. The van der Waals surface area contributed by atoms with E-state index in [4.69, 9.17) is 26.2 Å². The van der Waals surface area contributed by atoms with Crippen LogP contribution in [0.1, 0.15) is 40.5 Å². The topological polar surface area (TPSA) is 74.6 Å². The molecule has 0 amide bonds. The van der Waals surface area contributed by atoms with Gasteiger partial charge in [-0.25, -0.2) is 9.59 Å². The standard InChI is InChI=1S/C8H6O4.C4H9.Cu/c9-7(10)5-3-1-2-4-6(5)8(11)12;1-3-4-2;/h1-4H,(H,9,10)(H,11,12);1,3-4H2,2H3;. The van der Waals surface area contributed by atoms with Gasteiger partial charge >= 0.3 is 53.0 Å². The van der Waals surface area contributed by atoms with Crippen LogP contribution in [0.25, 0.3) is 0 Å². The van der Waals surface area contributed by atoms with Gasteiger partial charge in [0.05, 0.1) is 11.1 Å². The maximum Gasteiger partial charge on any atom is 0.336 e. The maximum absolute atomic E-state index is 10.5. The Morgan fingerprint density at radius 2 is 1.53 bits per heavy atom. The molecule has 5 heteroatoms. The van der Waals surface area contributed by atoms with Gasteiger partial charge in [-0.15, -0.1) is 0 Å². The fraction of sp³-hybridized carbons (Fsp3) is 0.333. The molecule has 0 radical (unpaired) electrons. The number of aromatic carboxylic acids is 2. The molecule has 0 spiro atoms. The van der Waals surface area contributed by atoms with E-state index in [1.807, 2.05) is 0 Å². The van der Waals surface area contributed by atoms with Crippen LogP contribution < -0.4 is 0 Å². The predicted molar refractivity (Wildman–Crippen MR) is 60.1 cm³/mol. The number of unbranched alkanes of at least 4 members (excludes halogenated alkanes) is 1. The molecule has 1 rings (SSSR count). The molecule has 0 aliphatic carbocycles. The molecule has 0 fully saturated rings. The Kier molecular flexibility index (Phi) is 8.11. The molecule has 0 saturated carbocycles. The van der Waals surface area contributed by atoms with Crippen molar-refractivity contribution in [1.29, 1.82) is 0 Å². The smallest absolute Gasteiger partial charge is 0.336 e. The van der Waals surface area contributed by atoms with Crippen LogP contribution in [-0.2, 0) is 16.0 Å². The van der Waals surface area contributed by atoms with Crippen molar-refractivity contribution in [3.63, 3.8) is 0 Å². The maximum atomic E-state index is 10.5. The van der Waals surface area contributed by atoms with E-state index in [1.165, 1.54) is 37.1 Å². The fourth-order valence-electron chi connectivity index (χ4n) is 0.963. The van der Waals surface area contributed by atoms with E-state index >= 15 is 0 Å². The monoisotopic (exact) mass is 286 g/mol. The van der Waals surface area contributed by atoms with Crippen molar-refractivity contribution in [3.8, 4) is 0 Å². The van der Waals surface area contributed by atoms with E-state index in [1.54, 1.807) is 0 Å². The van der Waals surface area contributed by atoms with Crippen molar-refractivity contribution in [2.45, 2.75) is 25.1 Å². The molecule has 1 aromatic rings. The van der Waals surface area contributed by atoms with Crippen molar-refractivity contribution in [2.24, 2.45) is 0 Å². The fourth-order valence-corrected chi connectivity index (χ4v) is 1.30. The van der Waals surface area contributed by atoms with E-state index in [-0.39, 0.29) is 11.1 Å². The molecule has 0 atom stereocenters. The number of carboxylic acids is 2. The van der Waals surface area contributed by atoms with Gasteiger partial charge in [0.1, 0.15) is 0 Å². The van der Waals surface area contributed by atoms with Crippen LogP contribution >= 0.6 is 0 Å². The van der Waals surface area contributed by atoms with Gasteiger partial charge in [0, 0.05) is 0 Å². The minimum atomic E-state index is -1.23. The molecule has 0 unspecified atom stereocenters. The molecule has 0 aliphatic rings. The molecule has 0 aliphatic heterocycles. The molecule has 0 saturated heterocycles.